The van der Waals surface area contributed by atoms with Gasteiger partial charge in [0.25, 0.3) is 5.91 Å². The number of halogens is 1. The van der Waals surface area contributed by atoms with Gasteiger partial charge in [-0.3, -0.25) is 9.69 Å². The van der Waals surface area contributed by atoms with Gasteiger partial charge in [-0.15, -0.1) is 0 Å². The fraction of sp³-hybridized carbons (Fsp3) is 0.0909. The zero-order valence-corrected chi connectivity index (χ0v) is 10.7. The summed E-state index contributed by atoms with van der Waals surface area (Å²) in [5, 5.41) is 2.51. The van der Waals surface area contributed by atoms with E-state index in [1.165, 1.54) is 7.05 Å². The molecule has 0 spiro atoms. The first-order chi connectivity index (χ1) is 7.58. The summed E-state index contributed by atoms with van der Waals surface area (Å²) >= 11 is 2.21. The van der Waals surface area contributed by atoms with Gasteiger partial charge in [0.2, 0.25) is 0 Å². The Labute approximate surface area is 106 Å². The number of likely N-dealkylation sites (N-methyl/N-ethyl adjacent to an activating group) is 1. The van der Waals surface area contributed by atoms with E-state index in [1.54, 1.807) is 6.08 Å². The summed E-state index contributed by atoms with van der Waals surface area (Å²) in [5.41, 5.74) is 1.20. The Morgan fingerprint density at radius 2 is 1.88 bits per heavy atom. The lowest BCUT2D eigenvalue weighted by Gasteiger charge is -1.99. The molecular weight excluding hydrogens is 319 g/mol. The largest absolute Gasteiger partial charge is 0.328 e. The first kappa shape index (κ1) is 11.1. The number of nitrogens with zero attached hydrogens (tertiary/aromatic N) is 1. The highest BCUT2D eigenvalue weighted by Gasteiger charge is 2.29. The van der Waals surface area contributed by atoms with Gasteiger partial charge < -0.3 is 5.32 Å². The van der Waals surface area contributed by atoms with Crippen LogP contribution in [0.2, 0.25) is 0 Å². The Balaban J connectivity index is 2.29. The number of imide groups is 1. The fourth-order valence-corrected chi connectivity index (χ4v) is 1.71. The highest BCUT2D eigenvalue weighted by atomic mass is 127. The minimum Gasteiger partial charge on any atom is -0.303 e. The van der Waals surface area contributed by atoms with Crippen molar-refractivity contribution in [2.75, 3.05) is 7.05 Å². The Morgan fingerprint density at radius 1 is 1.25 bits per heavy atom. The molecule has 4 nitrogen and oxygen atoms in total. The number of hydrogen-bond acceptors (Lipinski definition) is 2. The topological polar surface area (TPSA) is 49.4 Å². The molecule has 0 aliphatic carbocycles. The smallest absolute Gasteiger partial charge is 0.303 e. The van der Waals surface area contributed by atoms with Crippen LogP contribution in [0.3, 0.4) is 0 Å². The van der Waals surface area contributed by atoms with Crippen molar-refractivity contribution in [1.29, 1.82) is 0 Å². The molecule has 0 unspecified atom stereocenters. The first-order valence-corrected chi connectivity index (χ1v) is 5.72. The standard InChI is InChI=1S/C11H9IN2O2/c1-14-10(15)9(13-11(14)16)6-7-2-4-8(12)5-3-7/h2-6H,1H3,(H,13,16)/b9-6+. The van der Waals surface area contributed by atoms with E-state index < -0.39 is 0 Å². The molecule has 0 radical (unpaired) electrons. The first-order valence-electron chi connectivity index (χ1n) is 4.64. The minimum atomic E-state index is -0.387. The molecular formula is C11H9IN2O2. The summed E-state index contributed by atoms with van der Waals surface area (Å²) in [4.78, 5) is 23.8. The van der Waals surface area contributed by atoms with Crippen molar-refractivity contribution in [3.63, 3.8) is 0 Å². The third kappa shape index (κ3) is 2.08. The lowest BCUT2D eigenvalue weighted by Crippen LogP contribution is -2.25. The van der Waals surface area contributed by atoms with Gasteiger partial charge in [0.1, 0.15) is 5.70 Å². The lowest BCUT2D eigenvalue weighted by atomic mass is 10.2. The van der Waals surface area contributed by atoms with Crippen LogP contribution in [-0.2, 0) is 4.79 Å². The second-order valence-electron chi connectivity index (χ2n) is 3.40. The number of urea groups is 1. The number of nitrogens with one attached hydrogen (secondary N) is 1. The van der Waals surface area contributed by atoms with Gasteiger partial charge in [-0.25, -0.2) is 4.79 Å². The Morgan fingerprint density at radius 3 is 2.38 bits per heavy atom. The molecule has 82 valence electrons. The Bertz CT molecular complexity index is 479. The fourth-order valence-electron chi connectivity index (χ4n) is 1.35. The zero-order chi connectivity index (χ0) is 11.7. The molecule has 1 N–H and O–H groups in total. The molecule has 0 atom stereocenters. The molecule has 1 aromatic rings. The average Bonchev–Trinajstić information content (AvgIpc) is 2.50. The van der Waals surface area contributed by atoms with Gasteiger partial charge >= 0.3 is 6.03 Å². The highest BCUT2D eigenvalue weighted by molar-refractivity contribution is 14.1. The third-order valence-corrected chi connectivity index (χ3v) is 2.98. The highest BCUT2D eigenvalue weighted by Crippen LogP contribution is 2.13. The Hall–Kier alpha value is -1.37. The van der Waals surface area contributed by atoms with E-state index in [2.05, 4.69) is 27.9 Å². The van der Waals surface area contributed by atoms with Crippen molar-refractivity contribution in [3.05, 3.63) is 39.1 Å². The molecule has 0 aromatic heterocycles. The van der Waals surface area contributed by atoms with E-state index in [9.17, 15) is 9.59 Å². The molecule has 0 bridgehead atoms. The molecule has 1 heterocycles. The zero-order valence-electron chi connectivity index (χ0n) is 8.53. The van der Waals surface area contributed by atoms with E-state index in [0.717, 1.165) is 14.0 Å². The van der Waals surface area contributed by atoms with E-state index in [4.69, 9.17) is 0 Å². The maximum Gasteiger partial charge on any atom is 0.328 e. The third-order valence-electron chi connectivity index (χ3n) is 2.26. The van der Waals surface area contributed by atoms with Crippen molar-refractivity contribution in [3.8, 4) is 0 Å². The molecule has 3 amide bonds. The van der Waals surface area contributed by atoms with E-state index in [-0.39, 0.29) is 11.9 Å². The predicted octanol–water partition coefficient (Wildman–Crippen LogP) is 1.81. The normalized spacial score (nSPS) is 18.1. The van der Waals surface area contributed by atoms with Gasteiger partial charge in [-0.2, -0.15) is 0 Å². The van der Waals surface area contributed by atoms with Crippen molar-refractivity contribution >= 4 is 40.6 Å². The molecule has 1 aliphatic heterocycles. The van der Waals surface area contributed by atoms with Crippen LogP contribution in [-0.4, -0.2) is 23.9 Å². The van der Waals surface area contributed by atoms with Crippen LogP contribution in [0.15, 0.2) is 30.0 Å². The molecule has 1 saturated heterocycles. The van der Waals surface area contributed by atoms with E-state index in [1.807, 2.05) is 24.3 Å². The maximum absolute atomic E-state index is 11.6. The van der Waals surface area contributed by atoms with E-state index >= 15 is 0 Å². The second-order valence-corrected chi connectivity index (χ2v) is 4.65. The van der Waals surface area contributed by atoms with Crippen LogP contribution in [0.4, 0.5) is 4.79 Å². The number of amides is 3. The maximum atomic E-state index is 11.6. The number of benzene rings is 1. The van der Waals surface area contributed by atoms with Crippen LogP contribution in [0.25, 0.3) is 6.08 Å². The number of rotatable bonds is 1. The molecule has 16 heavy (non-hydrogen) atoms. The van der Waals surface area contributed by atoms with Gasteiger partial charge in [0.15, 0.2) is 0 Å². The van der Waals surface area contributed by atoms with Crippen LogP contribution in [0.5, 0.6) is 0 Å². The van der Waals surface area contributed by atoms with Gasteiger partial charge in [0, 0.05) is 10.6 Å². The van der Waals surface area contributed by atoms with Crippen molar-refractivity contribution in [2.24, 2.45) is 0 Å². The molecule has 5 heteroatoms. The molecule has 2 rings (SSSR count). The molecule has 1 aromatic carbocycles. The summed E-state index contributed by atoms with van der Waals surface area (Å²) in [6.45, 7) is 0. The van der Waals surface area contributed by atoms with E-state index in [0.29, 0.717) is 5.70 Å². The minimum absolute atomic E-state index is 0.302. The Kier molecular flexibility index (Phi) is 2.95. The number of carbonyl (C=O) groups excluding carboxylic acids is 2. The summed E-state index contributed by atoms with van der Waals surface area (Å²) in [7, 11) is 1.45. The van der Waals surface area contributed by atoms with Crippen LogP contribution >= 0.6 is 22.6 Å². The number of hydrogen-bond donors (Lipinski definition) is 1. The second kappa shape index (κ2) is 4.25. The van der Waals surface area contributed by atoms with Gasteiger partial charge in [-0.05, 0) is 46.4 Å². The summed E-state index contributed by atoms with van der Waals surface area (Å²) < 4.78 is 1.12. The van der Waals surface area contributed by atoms with Crippen molar-refractivity contribution in [2.45, 2.75) is 0 Å². The molecule has 1 fully saturated rings. The monoisotopic (exact) mass is 328 g/mol. The van der Waals surface area contributed by atoms with Crippen LogP contribution in [0.1, 0.15) is 5.56 Å². The predicted molar refractivity (Wildman–Crippen MR) is 68.4 cm³/mol. The summed E-state index contributed by atoms with van der Waals surface area (Å²) in [5.74, 6) is -0.302. The van der Waals surface area contributed by atoms with Crippen LogP contribution in [0, 0.1) is 3.57 Å². The summed E-state index contributed by atoms with van der Waals surface area (Å²) in [6, 6.07) is 7.29. The van der Waals surface area contributed by atoms with Gasteiger partial charge in [0.05, 0.1) is 0 Å². The number of carbonyl (C=O) groups is 2. The van der Waals surface area contributed by atoms with Crippen molar-refractivity contribution < 1.29 is 9.59 Å². The quantitative estimate of drug-likeness (QED) is 0.486. The van der Waals surface area contributed by atoms with Crippen LogP contribution < -0.4 is 5.32 Å². The molecule has 1 aliphatic rings. The van der Waals surface area contributed by atoms with Gasteiger partial charge in [-0.1, -0.05) is 12.1 Å². The SMILES string of the molecule is CN1C(=O)N/C(=C/c2ccc(I)cc2)C1=O. The average molecular weight is 328 g/mol. The van der Waals surface area contributed by atoms with Crippen molar-refractivity contribution in [1.82, 2.24) is 10.2 Å². The molecule has 0 saturated carbocycles. The lowest BCUT2D eigenvalue weighted by molar-refractivity contribution is -0.121. The summed E-state index contributed by atoms with van der Waals surface area (Å²) in [6.07, 6.45) is 1.67.